The number of ether oxygens (including phenoxy) is 1. The van der Waals surface area contributed by atoms with Crippen LogP contribution in [0.25, 0.3) is 0 Å². The van der Waals surface area contributed by atoms with Gasteiger partial charge in [0.1, 0.15) is 5.75 Å². The van der Waals surface area contributed by atoms with Gasteiger partial charge in [0, 0.05) is 0 Å². The monoisotopic (exact) mass is 236 g/mol. The number of nitrogens with two attached hydrogens (primary N) is 1. The molecule has 17 heavy (non-hydrogen) atoms. The second-order valence-corrected chi connectivity index (χ2v) is 4.59. The molecule has 0 amide bonds. The van der Waals surface area contributed by atoms with Crippen LogP contribution in [-0.2, 0) is 0 Å². The number of unbranched alkanes of at least 4 members (excludes halogenated alkanes) is 2. The van der Waals surface area contributed by atoms with E-state index in [0.717, 1.165) is 18.8 Å². The molecule has 0 fully saturated rings. The molecular weight excluding hydrogens is 210 g/mol. The number of hydrogen-bond donors (Lipinski definition) is 1. The van der Waals surface area contributed by atoms with E-state index in [1.165, 1.54) is 37.9 Å². The highest BCUT2D eigenvalue weighted by Crippen LogP contribution is 2.11. The van der Waals surface area contributed by atoms with Crippen molar-refractivity contribution in [1.82, 2.24) is 0 Å². The highest BCUT2D eigenvalue weighted by atomic mass is 16.5. The van der Waals surface area contributed by atoms with E-state index in [9.17, 15) is 0 Å². The predicted molar refractivity (Wildman–Crippen MR) is 72.5 cm³/mol. The summed E-state index contributed by atoms with van der Waals surface area (Å²) in [6.07, 6.45) is 5.03. The van der Waals surface area contributed by atoms with E-state index in [-0.39, 0.29) is 0 Å². The van der Waals surface area contributed by atoms with Crippen LogP contribution < -0.4 is 10.1 Å². The fourth-order valence-electron chi connectivity index (χ4n) is 1.71. The number of rotatable bonds is 9. The van der Waals surface area contributed by atoms with Crippen LogP contribution in [0.15, 0.2) is 24.3 Å². The Balaban J connectivity index is 1.95. The van der Waals surface area contributed by atoms with Crippen molar-refractivity contribution in [3.63, 3.8) is 0 Å². The molecule has 2 heteroatoms. The van der Waals surface area contributed by atoms with Crippen LogP contribution in [0.4, 0.5) is 0 Å². The molecule has 2 nitrogen and oxygen atoms in total. The van der Waals surface area contributed by atoms with E-state index >= 15 is 0 Å². The number of aryl methyl sites for hydroxylation is 1. The summed E-state index contributed by atoms with van der Waals surface area (Å²) in [5.41, 5.74) is 1.28. The molecule has 1 aromatic rings. The van der Waals surface area contributed by atoms with Gasteiger partial charge in [-0.1, -0.05) is 31.0 Å². The Labute approximate surface area is 105 Å². The van der Waals surface area contributed by atoms with E-state index in [4.69, 9.17) is 4.74 Å². The lowest BCUT2D eigenvalue weighted by Crippen LogP contribution is -2.84. The molecule has 2 N–H and O–H groups in total. The van der Waals surface area contributed by atoms with Crippen molar-refractivity contribution >= 4 is 0 Å². The summed E-state index contributed by atoms with van der Waals surface area (Å²) in [6.45, 7) is 7.68. The third kappa shape index (κ3) is 7.01. The SMILES string of the molecule is CCCC[NH2+]CCCCOc1ccc(C)cc1. The van der Waals surface area contributed by atoms with Gasteiger partial charge in [-0.3, -0.25) is 0 Å². The van der Waals surface area contributed by atoms with Gasteiger partial charge in [0.25, 0.3) is 0 Å². The normalized spacial score (nSPS) is 10.5. The third-order valence-electron chi connectivity index (χ3n) is 2.85. The Bertz CT molecular complexity index is 281. The van der Waals surface area contributed by atoms with Gasteiger partial charge in [0.15, 0.2) is 0 Å². The van der Waals surface area contributed by atoms with Gasteiger partial charge in [-0.05, 0) is 38.3 Å². The van der Waals surface area contributed by atoms with Crippen molar-refractivity contribution in [1.29, 1.82) is 0 Å². The summed E-state index contributed by atoms with van der Waals surface area (Å²) in [5.74, 6) is 0.991. The molecule has 0 aliphatic carbocycles. The van der Waals surface area contributed by atoms with Gasteiger partial charge in [-0.25, -0.2) is 0 Å². The number of benzene rings is 1. The van der Waals surface area contributed by atoms with E-state index in [1.54, 1.807) is 0 Å². The van der Waals surface area contributed by atoms with Crippen LogP contribution in [0.1, 0.15) is 38.2 Å². The van der Waals surface area contributed by atoms with Gasteiger partial charge in [-0.15, -0.1) is 0 Å². The molecule has 1 aromatic carbocycles. The average molecular weight is 236 g/mol. The van der Waals surface area contributed by atoms with Crippen molar-refractivity contribution in [2.75, 3.05) is 19.7 Å². The lowest BCUT2D eigenvalue weighted by atomic mass is 10.2. The summed E-state index contributed by atoms with van der Waals surface area (Å²) < 4.78 is 5.67. The second kappa shape index (κ2) is 9.06. The summed E-state index contributed by atoms with van der Waals surface area (Å²) in [7, 11) is 0. The summed E-state index contributed by atoms with van der Waals surface area (Å²) in [5, 5.41) is 2.41. The maximum absolute atomic E-state index is 5.67. The van der Waals surface area contributed by atoms with Gasteiger partial charge in [-0.2, -0.15) is 0 Å². The first-order chi connectivity index (χ1) is 8.33. The van der Waals surface area contributed by atoms with Gasteiger partial charge in [0.2, 0.25) is 0 Å². The summed E-state index contributed by atoms with van der Waals surface area (Å²) >= 11 is 0. The molecule has 0 saturated heterocycles. The first-order valence-corrected chi connectivity index (χ1v) is 6.84. The zero-order chi connectivity index (χ0) is 12.3. The first kappa shape index (κ1) is 14.0. The van der Waals surface area contributed by atoms with Gasteiger partial charge < -0.3 is 10.1 Å². The Morgan fingerprint density at radius 2 is 1.71 bits per heavy atom. The van der Waals surface area contributed by atoms with Crippen LogP contribution in [-0.4, -0.2) is 19.7 Å². The van der Waals surface area contributed by atoms with Crippen molar-refractivity contribution in [2.24, 2.45) is 0 Å². The van der Waals surface area contributed by atoms with Crippen LogP contribution in [0.3, 0.4) is 0 Å². The Morgan fingerprint density at radius 1 is 1.00 bits per heavy atom. The molecule has 96 valence electrons. The van der Waals surface area contributed by atoms with Crippen LogP contribution >= 0.6 is 0 Å². The van der Waals surface area contributed by atoms with Crippen molar-refractivity contribution in [3.8, 4) is 5.75 Å². The molecule has 0 radical (unpaired) electrons. The fourth-order valence-corrected chi connectivity index (χ4v) is 1.71. The molecule has 0 bridgehead atoms. The molecular formula is C15H26NO+. The van der Waals surface area contributed by atoms with Crippen LogP contribution in [0.2, 0.25) is 0 Å². The third-order valence-corrected chi connectivity index (χ3v) is 2.85. The van der Waals surface area contributed by atoms with E-state index in [0.29, 0.717) is 0 Å². The minimum atomic E-state index is 0.838. The zero-order valence-electron chi connectivity index (χ0n) is 11.2. The zero-order valence-corrected chi connectivity index (χ0v) is 11.2. The molecule has 0 atom stereocenters. The van der Waals surface area contributed by atoms with Crippen molar-refractivity contribution in [3.05, 3.63) is 29.8 Å². The maximum Gasteiger partial charge on any atom is 0.119 e. The first-order valence-electron chi connectivity index (χ1n) is 6.84. The van der Waals surface area contributed by atoms with E-state index in [1.807, 2.05) is 12.1 Å². The van der Waals surface area contributed by atoms with Crippen molar-refractivity contribution in [2.45, 2.75) is 39.5 Å². The highest BCUT2D eigenvalue weighted by molar-refractivity contribution is 5.26. The predicted octanol–water partition coefficient (Wildman–Crippen LogP) is 2.52. The smallest absolute Gasteiger partial charge is 0.119 e. The Kier molecular flexibility index (Phi) is 7.48. The molecule has 0 aliphatic heterocycles. The van der Waals surface area contributed by atoms with Crippen LogP contribution in [0, 0.1) is 6.92 Å². The Morgan fingerprint density at radius 3 is 2.41 bits per heavy atom. The van der Waals surface area contributed by atoms with Crippen LogP contribution in [0.5, 0.6) is 5.75 Å². The average Bonchev–Trinajstić information content (AvgIpc) is 2.35. The lowest BCUT2D eigenvalue weighted by molar-refractivity contribution is -0.655. The standard InChI is InChI=1S/C15H25NO/c1-3-4-11-16-12-5-6-13-17-15-9-7-14(2)8-10-15/h7-10,16H,3-6,11-13H2,1-2H3/p+1. The summed E-state index contributed by atoms with van der Waals surface area (Å²) in [4.78, 5) is 0. The molecule has 0 saturated carbocycles. The largest absolute Gasteiger partial charge is 0.494 e. The molecule has 1 rings (SSSR count). The van der Waals surface area contributed by atoms with Gasteiger partial charge >= 0.3 is 0 Å². The van der Waals surface area contributed by atoms with Gasteiger partial charge in [0.05, 0.1) is 19.7 Å². The topological polar surface area (TPSA) is 25.8 Å². The molecule has 0 heterocycles. The maximum atomic E-state index is 5.67. The fraction of sp³-hybridized carbons (Fsp3) is 0.600. The molecule has 0 aromatic heterocycles. The molecule has 0 unspecified atom stereocenters. The minimum Gasteiger partial charge on any atom is -0.494 e. The highest BCUT2D eigenvalue weighted by Gasteiger charge is 1.95. The molecule has 0 spiro atoms. The minimum absolute atomic E-state index is 0.838. The number of hydrogen-bond acceptors (Lipinski definition) is 1. The number of quaternary nitrogens is 1. The van der Waals surface area contributed by atoms with E-state index < -0.39 is 0 Å². The van der Waals surface area contributed by atoms with Crippen molar-refractivity contribution < 1.29 is 10.1 Å². The van der Waals surface area contributed by atoms with E-state index in [2.05, 4.69) is 31.3 Å². The Hall–Kier alpha value is -1.02. The summed E-state index contributed by atoms with van der Waals surface area (Å²) in [6, 6.07) is 8.27. The quantitative estimate of drug-likeness (QED) is 0.655. The second-order valence-electron chi connectivity index (χ2n) is 4.59. The molecule has 0 aliphatic rings. The lowest BCUT2D eigenvalue weighted by Gasteiger charge is -2.06.